The lowest BCUT2D eigenvalue weighted by Gasteiger charge is -2.29. The van der Waals surface area contributed by atoms with Crippen LogP contribution in [0, 0.1) is 11.7 Å². The average Bonchev–Trinajstić information content (AvgIpc) is 2.71. The predicted octanol–water partition coefficient (Wildman–Crippen LogP) is 4.36. The summed E-state index contributed by atoms with van der Waals surface area (Å²) in [5.74, 6) is 0.547. The van der Waals surface area contributed by atoms with Crippen molar-refractivity contribution in [2.24, 2.45) is 5.92 Å². The van der Waals surface area contributed by atoms with Gasteiger partial charge in [-0.05, 0) is 43.5 Å². The molecule has 0 bridgehead atoms. The van der Waals surface area contributed by atoms with Gasteiger partial charge in [-0.25, -0.2) is 4.39 Å². The second kappa shape index (κ2) is 5.70. The van der Waals surface area contributed by atoms with Gasteiger partial charge in [0.15, 0.2) is 0 Å². The number of rotatable bonds is 1. The SMILES string of the molecule is C[C@@H]1CNCC[C@@H]1c1cc(F)cc2c(Cl)coc12.Cl. The predicted molar refractivity (Wildman–Crippen MR) is 77.8 cm³/mol. The van der Waals surface area contributed by atoms with E-state index in [4.69, 9.17) is 16.0 Å². The van der Waals surface area contributed by atoms with Crippen LogP contribution in [0.3, 0.4) is 0 Å². The molecule has 1 fully saturated rings. The number of hydrogen-bond acceptors (Lipinski definition) is 2. The van der Waals surface area contributed by atoms with Crippen LogP contribution < -0.4 is 5.32 Å². The first-order valence-corrected chi connectivity index (χ1v) is 6.61. The maximum atomic E-state index is 13.7. The number of halogens is 3. The quantitative estimate of drug-likeness (QED) is 0.847. The second-order valence-corrected chi connectivity index (χ2v) is 5.44. The molecule has 19 heavy (non-hydrogen) atoms. The highest BCUT2D eigenvalue weighted by Crippen LogP contribution is 2.38. The van der Waals surface area contributed by atoms with Crippen LogP contribution in [0.4, 0.5) is 4.39 Å². The van der Waals surface area contributed by atoms with Gasteiger partial charge >= 0.3 is 0 Å². The standard InChI is InChI=1S/C14H15ClFNO.ClH/c1-8-6-17-3-2-10(8)11-4-9(16)5-12-13(15)7-18-14(11)12;/h4-5,7-8,10,17H,2-3,6H2,1H3;1H/t8-,10+;/m1./s1. The van der Waals surface area contributed by atoms with Gasteiger partial charge in [-0.15, -0.1) is 12.4 Å². The topological polar surface area (TPSA) is 25.2 Å². The number of fused-ring (bicyclic) bond motifs is 1. The second-order valence-electron chi connectivity index (χ2n) is 5.03. The summed E-state index contributed by atoms with van der Waals surface area (Å²) in [6.07, 6.45) is 2.49. The molecule has 2 atom stereocenters. The Kier molecular flexibility index (Phi) is 4.39. The highest BCUT2D eigenvalue weighted by Gasteiger charge is 2.26. The van der Waals surface area contributed by atoms with Crippen molar-refractivity contribution in [1.29, 1.82) is 0 Å². The molecule has 1 aliphatic heterocycles. The van der Waals surface area contributed by atoms with Crippen molar-refractivity contribution in [3.8, 4) is 0 Å². The number of hydrogen-bond donors (Lipinski definition) is 1. The van der Waals surface area contributed by atoms with E-state index < -0.39 is 0 Å². The van der Waals surface area contributed by atoms with Crippen LogP contribution in [0.1, 0.15) is 24.8 Å². The maximum Gasteiger partial charge on any atom is 0.139 e. The Labute approximate surface area is 122 Å². The van der Waals surface area contributed by atoms with Crippen LogP contribution in [-0.2, 0) is 0 Å². The van der Waals surface area contributed by atoms with Crippen molar-refractivity contribution >= 4 is 35.0 Å². The van der Waals surface area contributed by atoms with Crippen LogP contribution in [0.25, 0.3) is 11.0 Å². The molecule has 1 aromatic carbocycles. The molecule has 0 amide bonds. The molecular weight excluding hydrogens is 288 g/mol. The Hall–Kier alpha value is -0.770. The molecular formula is C14H16Cl2FNO. The number of furan rings is 1. The lowest BCUT2D eigenvalue weighted by molar-refractivity contribution is 0.348. The summed E-state index contributed by atoms with van der Waals surface area (Å²) in [5.41, 5.74) is 1.69. The fourth-order valence-corrected chi connectivity index (χ4v) is 3.03. The van der Waals surface area contributed by atoms with E-state index in [-0.39, 0.29) is 18.2 Å². The van der Waals surface area contributed by atoms with Gasteiger partial charge in [0.05, 0.1) is 5.02 Å². The van der Waals surface area contributed by atoms with E-state index in [0.29, 0.717) is 22.2 Å². The normalized spacial score (nSPS) is 23.3. The number of nitrogens with one attached hydrogen (secondary N) is 1. The minimum atomic E-state index is -0.244. The van der Waals surface area contributed by atoms with Gasteiger partial charge in [-0.1, -0.05) is 18.5 Å². The summed E-state index contributed by atoms with van der Waals surface area (Å²) in [6.45, 7) is 4.09. The smallest absolute Gasteiger partial charge is 0.139 e. The van der Waals surface area contributed by atoms with E-state index >= 15 is 0 Å². The van der Waals surface area contributed by atoms with E-state index in [1.54, 1.807) is 6.07 Å². The van der Waals surface area contributed by atoms with Crippen molar-refractivity contribution in [3.63, 3.8) is 0 Å². The first kappa shape index (κ1) is 14.6. The molecule has 3 rings (SSSR count). The summed E-state index contributed by atoms with van der Waals surface area (Å²) < 4.78 is 19.2. The molecule has 2 aromatic rings. The fourth-order valence-electron chi connectivity index (χ4n) is 2.85. The van der Waals surface area contributed by atoms with E-state index in [9.17, 15) is 4.39 Å². The van der Waals surface area contributed by atoms with Crippen molar-refractivity contribution in [3.05, 3.63) is 34.8 Å². The Morgan fingerprint density at radius 1 is 1.42 bits per heavy atom. The minimum absolute atomic E-state index is 0. The summed E-state index contributed by atoms with van der Waals surface area (Å²) >= 11 is 6.02. The summed E-state index contributed by atoms with van der Waals surface area (Å²) in [5, 5.41) is 4.51. The van der Waals surface area contributed by atoms with Crippen LogP contribution in [0.2, 0.25) is 5.02 Å². The maximum absolute atomic E-state index is 13.7. The van der Waals surface area contributed by atoms with E-state index in [2.05, 4.69) is 12.2 Å². The van der Waals surface area contributed by atoms with Gasteiger partial charge in [0.1, 0.15) is 17.7 Å². The Morgan fingerprint density at radius 2 is 2.21 bits per heavy atom. The number of piperidine rings is 1. The van der Waals surface area contributed by atoms with Gasteiger partial charge in [0, 0.05) is 10.9 Å². The molecule has 104 valence electrons. The molecule has 0 spiro atoms. The third-order valence-corrected chi connectivity index (χ3v) is 4.10. The highest BCUT2D eigenvalue weighted by atomic mass is 35.5. The van der Waals surface area contributed by atoms with E-state index in [1.165, 1.54) is 12.3 Å². The van der Waals surface area contributed by atoms with E-state index in [0.717, 1.165) is 30.7 Å². The van der Waals surface area contributed by atoms with Gasteiger partial charge in [0.2, 0.25) is 0 Å². The molecule has 0 unspecified atom stereocenters. The molecule has 0 aliphatic carbocycles. The van der Waals surface area contributed by atoms with Crippen LogP contribution in [-0.4, -0.2) is 13.1 Å². The summed E-state index contributed by atoms with van der Waals surface area (Å²) in [4.78, 5) is 0. The molecule has 1 saturated heterocycles. The Morgan fingerprint density at radius 3 is 2.95 bits per heavy atom. The van der Waals surface area contributed by atoms with Crippen molar-refractivity contribution in [2.75, 3.05) is 13.1 Å². The zero-order valence-electron chi connectivity index (χ0n) is 10.6. The van der Waals surface area contributed by atoms with Gasteiger partial charge in [0.25, 0.3) is 0 Å². The largest absolute Gasteiger partial charge is 0.462 e. The lowest BCUT2D eigenvalue weighted by Crippen LogP contribution is -2.33. The van der Waals surface area contributed by atoms with Crippen LogP contribution >= 0.6 is 24.0 Å². The lowest BCUT2D eigenvalue weighted by atomic mass is 9.82. The molecule has 5 heteroatoms. The molecule has 2 nitrogen and oxygen atoms in total. The van der Waals surface area contributed by atoms with E-state index in [1.807, 2.05) is 0 Å². The van der Waals surface area contributed by atoms with Crippen molar-refractivity contribution < 1.29 is 8.81 Å². The highest BCUT2D eigenvalue weighted by molar-refractivity contribution is 6.35. The molecule has 1 aliphatic rings. The molecule has 1 aromatic heterocycles. The first-order chi connectivity index (χ1) is 8.66. The van der Waals surface area contributed by atoms with Gasteiger partial charge in [-0.2, -0.15) is 0 Å². The Bertz CT molecular complexity index is 584. The summed E-state index contributed by atoms with van der Waals surface area (Å²) in [7, 11) is 0. The van der Waals surface area contributed by atoms with Crippen molar-refractivity contribution in [1.82, 2.24) is 5.32 Å². The number of benzene rings is 1. The zero-order chi connectivity index (χ0) is 12.7. The van der Waals surface area contributed by atoms with Crippen LogP contribution in [0.15, 0.2) is 22.8 Å². The molecule has 2 heterocycles. The van der Waals surface area contributed by atoms with Crippen LogP contribution in [0.5, 0.6) is 0 Å². The Balaban J connectivity index is 0.00000133. The van der Waals surface area contributed by atoms with Crippen molar-refractivity contribution in [2.45, 2.75) is 19.3 Å². The summed E-state index contributed by atoms with van der Waals surface area (Å²) in [6, 6.07) is 3.03. The first-order valence-electron chi connectivity index (χ1n) is 6.23. The monoisotopic (exact) mass is 303 g/mol. The molecule has 0 saturated carbocycles. The third-order valence-electron chi connectivity index (χ3n) is 3.80. The van der Waals surface area contributed by atoms with Gasteiger partial charge < -0.3 is 9.73 Å². The third kappa shape index (κ3) is 2.60. The zero-order valence-corrected chi connectivity index (χ0v) is 12.2. The van der Waals surface area contributed by atoms with Gasteiger partial charge in [-0.3, -0.25) is 0 Å². The average molecular weight is 304 g/mol. The fraction of sp³-hybridized carbons (Fsp3) is 0.429. The molecule has 0 radical (unpaired) electrons. The molecule has 1 N–H and O–H groups in total. The minimum Gasteiger partial charge on any atom is -0.462 e.